The highest BCUT2D eigenvalue weighted by atomic mass is 16.2. The van der Waals surface area contributed by atoms with E-state index in [0.717, 1.165) is 38.2 Å². The molecule has 0 saturated carbocycles. The lowest BCUT2D eigenvalue weighted by Crippen LogP contribution is -2.41. The van der Waals surface area contributed by atoms with Crippen molar-refractivity contribution in [3.63, 3.8) is 0 Å². The van der Waals surface area contributed by atoms with Crippen LogP contribution in [0.5, 0.6) is 0 Å². The molecule has 2 unspecified atom stereocenters. The van der Waals surface area contributed by atoms with Gasteiger partial charge in [-0.25, -0.2) is 0 Å². The van der Waals surface area contributed by atoms with Crippen LogP contribution in [0.25, 0.3) is 0 Å². The van der Waals surface area contributed by atoms with E-state index >= 15 is 0 Å². The van der Waals surface area contributed by atoms with Crippen molar-refractivity contribution in [2.45, 2.75) is 31.2 Å². The third-order valence-corrected chi connectivity index (χ3v) is 4.62. The fourth-order valence-electron chi connectivity index (χ4n) is 3.51. The number of hydrogen-bond acceptors (Lipinski definition) is 3. The number of rotatable bonds is 2. The molecule has 3 rings (SSSR count). The van der Waals surface area contributed by atoms with Crippen molar-refractivity contribution in [3.8, 4) is 6.07 Å². The van der Waals surface area contributed by atoms with E-state index in [1.54, 1.807) is 0 Å². The normalized spacial score (nSPS) is 24.0. The molecule has 2 atom stereocenters. The van der Waals surface area contributed by atoms with E-state index in [1.165, 1.54) is 12.8 Å². The molecular formula is C17H21N3O. The number of fused-ring (bicyclic) bond motifs is 1. The number of nitrogens with zero attached hydrogens (tertiary/aromatic N) is 3. The summed E-state index contributed by atoms with van der Waals surface area (Å²) in [6.45, 7) is 3.80. The number of carbonyl (C=O) groups excluding carboxylic acids is 1. The monoisotopic (exact) mass is 283 g/mol. The maximum atomic E-state index is 12.8. The molecule has 110 valence electrons. The van der Waals surface area contributed by atoms with Crippen molar-refractivity contribution < 1.29 is 4.79 Å². The van der Waals surface area contributed by atoms with Gasteiger partial charge in [0.1, 0.15) is 5.92 Å². The molecule has 2 aliphatic rings. The number of carbonyl (C=O) groups is 1. The molecule has 2 heterocycles. The van der Waals surface area contributed by atoms with Gasteiger partial charge in [-0.2, -0.15) is 5.26 Å². The van der Waals surface area contributed by atoms with Gasteiger partial charge in [0.2, 0.25) is 5.91 Å². The summed E-state index contributed by atoms with van der Waals surface area (Å²) < 4.78 is 0. The molecule has 4 heteroatoms. The van der Waals surface area contributed by atoms with Crippen LogP contribution in [0.1, 0.15) is 30.7 Å². The van der Waals surface area contributed by atoms with E-state index in [1.807, 2.05) is 35.2 Å². The smallest absolute Gasteiger partial charge is 0.244 e. The Bertz CT molecular complexity index is 537. The fourth-order valence-corrected chi connectivity index (χ4v) is 3.51. The molecule has 0 bridgehead atoms. The van der Waals surface area contributed by atoms with Crippen LogP contribution in [0.15, 0.2) is 30.3 Å². The van der Waals surface area contributed by atoms with E-state index in [2.05, 4.69) is 11.0 Å². The van der Waals surface area contributed by atoms with Gasteiger partial charge >= 0.3 is 0 Å². The summed E-state index contributed by atoms with van der Waals surface area (Å²) in [5, 5.41) is 9.43. The van der Waals surface area contributed by atoms with Crippen LogP contribution in [0.2, 0.25) is 0 Å². The van der Waals surface area contributed by atoms with E-state index in [0.29, 0.717) is 6.04 Å². The second-order valence-corrected chi connectivity index (χ2v) is 5.94. The summed E-state index contributed by atoms with van der Waals surface area (Å²) in [7, 11) is 0. The maximum absolute atomic E-state index is 12.8. The van der Waals surface area contributed by atoms with Crippen molar-refractivity contribution in [3.05, 3.63) is 35.9 Å². The van der Waals surface area contributed by atoms with Crippen molar-refractivity contribution in [1.29, 1.82) is 5.26 Å². The summed E-state index contributed by atoms with van der Waals surface area (Å²) >= 11 is 0. The van der Waals surface area contributed by atoms with Crippen LogP contribution >= 0.6 is 0 Å². The summed E-state index contributed by atoms with van der Waals surface area (Å²) in [6, 6.07) is 12.1. The highest BCUT2D eigenvalue weighted by Crippen LogP contribution is 2.24. The molecule has 1 amide bonds. The zero-order valence-corrected chi connectivity index (χ0v) is 12.2. The van der Waals surface area contributed by atoms with Gasteiger partial charge in [0.15, 0.2) is 0 Å². The van der Waals surface area contributed by atoms with Gasteiger partial charge in [0, 0.05) is 25.7 Å². The van der Waals surface area contributed by atoms with Gasteiger partial charge in [0.25, 0.3) is 0 Å². The Hall–Kier alpha value is -1.86. The topological polar surface area (TPSA) is 47.3 Å². The molecule has 21 heavy (non-hydrogen) atoms. The Balaban J connectivity index is 1.75. The first kappa shape index (κ1) is 14.1. The minimum Gasteiger partial charge on any atom is -0.340 e. The average molecular weight is 283 g/mol. The molecule has 0 radical (unpaired) electrons. The summed E-state index contributed by atoms with van der Waals surface area (Å²) in [6.07, 6.45) is 3.41. The number of amides is 1. The van der Waals surface area contributed by atoms with E-state index in [9.17, 15) is 10.1 Å². The minimum atomic E-state index is -0.667. The van der Waals surface area contributed by atoms with Gasteiger partial charge in [0.05, 0.1) is 6.07 Å². The molecule has 2 fully saturated rings. The summed E-state index contributed by atoms with van der Waals surface area (Å²) in [4.78, 5) is 17.2. The fraction of sp³-hybridized carbons (Fsp3) is 0.529. The number of benzene rings is 1. The first-order valence-corrected chi connectivity index (χ1v) is 7.77. The second kappa shape index (κ2) is 6.28. The Morgan fingerprint density at radius 1 is 1.19 bits per heavy atom. The average Bonchev–Trinajstić information content (AvgIpc) is 2.86. The second-order valence-electron chi connectivity index (χ2n) is 5.94. The van der Waals surface area contributed by atoms with Crippen molar-refractivity contribution in [2.24, 2.45) is 0 Å². The first-order valence-electron chi connectivity index (χ1n) is 7.77. The third-order valence-electron chi connectivity index (χ3n) is 4.62. The first-order chi connectivity index (χ1) is 10.3. The molecule has 0 spiro atoms. The van der Waals surface area contributed by atoms with E-state index in [-0.39, 0.29) is 5.91 Å². The molecule has 4 nitrogen and oxygen atoms in total. The highest BCUT2D eigenvalue weighted by molar-refractivity contribution is 5.86. The largest absolute Gasteiger partial charge is 0.340 e. The van der Waals surface area contributed by atoms with Crippen molar-refractivity contribution in [1.82, 2.24) is 9.80 Å². The number of hydrogen-bond donors (Lipinski definition) is 0. The van der Waals surface area contributed by atoms with Crippen LogP contribution in [0.3, 0.4) is 0 Å². The Kier molecular flexibility index (Phi) is 4.21. The van der Waals surface area contributed by atoms with Crippen LogP contribution in [0, 0.1) is 11.3 Å². The van der Waals surface area contributed by atoms with Gasteiger partial charge in [-0.15, -0.1) is 0 Å². The molecule has 2 saturated heterocycles. The van der Waals surface area contributed by atoms with Gasteiger partial charge < -0.3 is 4.90 Å². The lowest BCUT2D eigenvalue weighted by molar-refractivity contribution is -0.131. The molecule has 0 aliphatic carbocycles. The zero-order valence-electron chi connectivity index (χ0n) is 12.2. The van der Waals surface area contributed by atoms with Crippen molar-refractivity contribution >= 4 is 5.91 Å². The summed E-state index contributed by atoms with van der Waals surface area (Å²) in [5.41, 5.74) is 0.803. The maximum Gasteiger partial charge on any atom is 0.244 e. The third kappa shape index (κ3) is 2.93. The lowest BCUT2D eigenvalue weighted by Gasteiger charge is -2.27. The highest BCUT2D eigenvalue weighted by Gasteiger charge is 2.33. The molecule has 1 aromatic carbocycles. The van der Waals surface area contributed by atoms with Gasteiger partial charge in [-0.1, -0.05) is 30.3 Å². The molecule has 1 aromatic rings. The Morgan fingerprint density at radius 3 is 2.71 bits per heavy atom. The molecule has 2 aliphatic heterocycles. The Labute approximate surface area is 126 Å². The van der Waals surface area contributed by atoms with Gasteiger partial charge in [-0.05, 0) is 31.4 Å². The minimum absolute atomic E-state index is 0.0301. The molecule has 0 N–H and O–H groups in total. The van der Waals surface area contributed by atoms with Crippen LogP contribution in [0.4, 0.5) is 0 Å². The van der Waals surface area contributed by atoms with Crippen LogP contribution in [-0.4, -0.2) is 47.9 Å². The van der Waals surface area contributed by atoms with Crippen molar-refractivity contribution in [2.75, 3.05) is 26.2 Å². The number of nitriles is 1. The Morgan fingerprint density at radius 2 is 1.95 bits per heavy atom. The van der Waals surface area contributed by atoms with E-state index < -0.39 is 5.92 Å². The van der Waals surface area contributed by atoms with E-state index in [4.69, 9.17) is 0 Å². The lowest BCUT2D eigenvalue weighted by atomic mass is 9.99. The zero-order chi connectivity index (χ0) is 14.7. The van der Waals surface area contributed by atoms with Crippen LogP contribution in [-0.2, 0) is 4.79 Å². The quantitative estimate of drug-likeness (QED) is 0.834. The molecule has 0 aromatic heterocycles. The SMILES string of the molecule is N#CC(C(=O)N1CCCN2CCCC2C1)c1ccccc1. The standard InChI is InChI=1S/C17H21N3O/c18-12-16(14-6-2-1-3-7-14)17(21)20-11-5-10-19-9-4-8-15(19)13-20/h1-3,6-7,15-16H,4-5,8-11,13H2. The van der Waals surface area contributed by atoms with Crippen LogP contribution < -0.4 is 0 Å². The predicted octanol–water partition coefficient (Wildman–Crippen LogP) is 1.99. The van der Waals surface area contributed by atoms with Gasteiger partial charge in [-0.3, -0.25) is 9.69 Å². The predicted molar refractivity (Wildman–Crippen MR) is 80.6 cm³/mol. The molecular weight excluding hydrogens is 262 g/mol. The summed E-state index contributed by atoms with van der Waals surface area (Å²) in [5.74, 6) is -0.698.